The summed E-state index contributed by atoms with van der Waals surface area (Å²) in [6.07, 6.45) is -1.25. The van der Waals surface area contributed by atoms with Crippen molar-refractivity contribution in [3.8, 4) is 17.2 Å². The second kappa shape index (κ2) is 13.5. The van der Waals surface area contributed by atoms with Crippen LogP contribution in [0.1, 0.15) is 32.6 Å². The molecular formula is C31H29N7O7S. The molecule has 15 heteroatoms. The Bertz CT molecular complexity index is 1870. The van der Waals surface area contributed by atoms with Gasteiger partial charge in [0.1, 0.15) is 16.2 Å². The SMILES string of the molecule is CC(=O)O[C@H]1[C@H](OC(C)=O)[C@@H](n2cnc3c(SCc4ccccc4)nc(-n4cc(-c5ccccc5)nn4)nc32)OC[C@H]1OC(C)=O. The second-order valence-electron chi connectivity index (χ2n) is 10.4. The quantitative estimate of drug-likeness (QED) is 0.0990. The van der Waals surface area contributed by atoms with E-state index < -0.39 is 42.4 Å². The third-order valence-corrected chi connectivity index (χ3v) is 8.00. The number of carbonyl (C=O) groups excluding carboxylic acids is 3. The van der Waals surface area contributed by atoms with Crippen LogP contribution in [0.2, 0.25) is 0 Å². The summed E-state index contributed by atoms with van der Waals surface area (Å²) in [5.74, 6) is -1.11. The number of esters is 3. The summed E-state index contributed by atoms with van der Waals surface area (Å²) < 4.78 is 25.7. The van der Waals surface area contributed by atoms with Crippen LogP contribution in [0.3, 0.4) is 0 Å². The Morgan fingerprint density at radius 1 is 0.891 bits per heavy atom. The largest absolute Gasteiger partial charge is 0.456 e. The number of fused-ring (bicyclic) bond motifs is 1. The molecule has 0 unspecified atom stereocenters. The van der Waals surface area contributed by atoms with Gasteiger partial charge in [0, 0.05) is 32.1 Å². The molecule has 0 bridgehead atoms. The number of carbonyl (C=O) groups is 3. The van der Waals surface area contributed by atoms with E-state index in [0.717, 1.165) is 11.1 Å². The standard InChI is InChI=1S/C31H29N7O7S/c1-18(39)43-24-15-42-30(27(45-20(3)41)26(24)44-19(2)40)37-17-32-25-28(37)33-31(34-29(25)46-16-21-10-6-4-7-11-21)38-14-23(35-36-38)22-12-8-5-9-13-22/h4-14,17,24,26-27,30H,15-16H2,1-3H3/t24-,26-,27+,30+/m1/s1. The van der Waals surface area contributed by atoms with Gasteiger partial charge in [0.25, 0.3) is 5.95 Å². The minimum atomic E-state index is -1.22. The predicted octanol–water partition coefficient (Wildman–Crippen LogP) is 3.69. The highest BCUT2D eigenvalue weighted by molar-refractivity contribution is 7.98. The van der Waals surface area contributed by atoms with E-state index in [1.165, 1.54) is 43.5 Å². The van der Waals surface area contributed by atoms with Crippen LogP contribution in [0.15, 0.2) is 78.2 Å². The highest BCUT2D eigenvalue weighted by Crippen LogP contribution is 2.35. The molecule has 4 atom stereocenters. The number of hydrogen-bond acceptors (Lipinski definition) is 13. The molecule has 0 saturated carbocycles. The van der Waals surface area contributed by atoms with E-state index >= 15 is 0 Å². The second-order valence-corrected chi connectivity index (χ2v) is 11.3. The van der Waals surface area contributed by atoms with Crippen molar-refractivity contribution in [3.05, 3.63) is 78.8 Å². The molecule has 0 N–H and O–H groups in total. The molecule has 14 nitrogen and oxygen atoms in total. The van der Waals surface area contributed by atoms with Crippen molar-refractivity contribution in [1.82, 2.24) is 34.5 Å². The molecule has 46 heavy (non-hydrogen) atoms. The summed E-state index contributed by atoms with van der Waals surface area (Å²) in [5.41, 5.74) is 3.38. The fourth-order valence-corrected chi connectivity index (χ4v) is 5.98. The Kier molecular flexibility index (Phi) is 9.03. The van der Waals surface area contributed by atoms with Crippen LogP contribution < -0.4 is 0 Å². The number of nitrogens with zero attached hydrogens (tertiary/aromatic N) is 7. The van der Waals surface area contributed by atoms with Crippen LogP contribution in [-0.4, -0.2) is 77.3 Å². The molecule has 4 heterocycles. The first-order chi connectivity index (χ1) is 22.3. The van der Waals surface area contributed by atoms with Gasteiger partial charge >= 0.3 is 17.9 Å². The smallest absolute Gasteiger partial charge is 0.303 e. The molecule has 5 aromatic rings. The number of benzene rings is 2. The Morgan fingerprint density at radius 2 is 1.57 bits per heavy atom. The van der Waals surface area contributed by atoms with Crippen LogP contribution in [0.5, 0.6) is 0 Å². The molecule has 0 amide bonds. The molecule has 0 spiro atoms. The van der Waals surface area contributed by atoms with Gasteiger partial charge in [-0.2, -0.15) is 9.67 Å². The summed E-state index contributed by atoms with van der Waals surface area (Å²) in [6, 6.07) is 19.5. The number of aromatic nitrogens is 7. The number of rotatable bonds is 9. The predicted molar refractivity (Wildman–Crippen MR) is 163 cm³/mol. The van der Waals surface area contributed by atoms with Crippen molar-refractivity contribution in [2.24, 2.45) is 0 Å². The molecule has 1 fully saturated rings. The maximum Gasteiger partial charge on any atom is 0.303 e. The van der Waals surface area contributed by atoms with Gasteiger partial charge < -0.3 is 18.9 Å². The Balaban J connectivity index is 1.44. The Morgan fingerprint density at radius 3 is 2.26 bits per heavy atom. The maximum absolute atomic E-state index is 12.3. The fraction of sp³-hybridized carbons (Fsp3) is 0.290. The van der Waals surface area contributed by atoms with Crippen LogP contribution in [0, 0.1) is 0 Å². The van der Waals surface area contributed by atoms with Gasteiger partial charge in [-0.1, -0.05) is 77.6 Å². The van der Waals surface area contributed by atoms with Gasteiger partial charge in [0.15, 0.2) is 30.2 Å². The average Bonchev–Trinajstić information content (AvgIpc) is 3.70. The van der Waals surface area contributed by atoms with E-state index in [1.807, 2.05) is 60.7 Å². The maximum atomic E-state index is 12.3. The van der Waals surface area contributed by atoms with Crippen LogP contribution >= 0.6 is 11.8 Å². The molecule has 1 aliphatic rings. The van der Waals surface area contributed by atoms with Gasteiger partial charge in [0.05, 0.1) is 19.1 Å². The lowest BCUT2D eigenvalue weighted by Gasteiger charge is -2.40. The van der Waals surface area contributed by atoms with E-state index in [0.29, 0.717) is 27.6 Å². The number of imidazole rings is 1. The molecule has 236 valence electrons. The van der Waals surface area contributed by atoms with Gasteiger partial charge in [0.2, 0.25) is 0 Å². The molecule has 2 aromatic carbocycles. The number of ether oxygens (including phenoxy) is 4. The summed E-state index contributed by atoms with van der Waals surface area (Å²) in [6.45, 7) is 3.50. The zero-order valence-corrected chi connectivity index (χ0v) is 25.9. The third-order valence-electron chi connectivity index (χ3n) is 6.96. The lowest BCUT2D eigenvalue weighted by Crippen LogP contribution is -2.55. The lowest BCUT2D eigenvalue weighted by atomic mass is 10.0. The molecule has 1 saturated heterocycles. The molecule has 6 rings (SSSR count). The molecular weight excluding hydrogens is 614 g/mol. The minimum absolute atomic E-state index is 0.156. The zero-order chi connectivity index (χ0) is 32.2. The van der Waals surface area contributed by atoms with Crippen molar-refractivity contribution >= 4 is 40.8 Å². The van der Waals surface area contributed by atoms with Crippen molar-refractivity contribution in [2.75, 3.05) is 6.61 Å². The highest BCUT2D eigenvalue weighted by Gasteiger charge is 2.48. The van der Waals surface area contributed by atoms with Gasteiger partial charge in [-0.25, -0.2) is 9.97 Å². The van der Waals surface area contributed by atoms with Crippen LogP contribution in [-0.2, 0) is 39.1 Å². The monoisotopic (exact) mass is 643 g/mol. The first-order valence-electron chi connectivity index (χ1n) is 14.3. The summed E-state index contributed by atoms with van der Waals surface area (Å²) >= 11 is 1.46. The van der Waals surface area contributed by atoms with Gasteiger partial charge in [-0.3, -0.25) is 19.0 Å². The van der Waals surface area contributed by atoms with Gasteiger partial charge in [-0.05, 0) is 5.56 Å². The highest BCUT2D eigenvalue weighted by atomic mass is 32.2. The topological polar surface area (TPSA) is 162 Å². The van der Waals surface area contributed by atoms with E-state index in [4.69, 9.17) is 28.9 Å². The van der Waals surface area contributed by atoms with Crippen molar-refractivity contribution in [3.63, 3.8) is 0 Å². The average molecular weight is 644 g/mol. The van der Waals surface area contributed by atoms with Gasteiger partial charge in [-0.15, -0.1) is 5.10 Å². The summed E-state index contributed by atoms with van der Waals surface area (Å²) in [5, 5.41) is 9.16. The fourth-order valence-electron chi connectivity index (χ4n) is 5.06. The Hall–Kier alpha value is -5.15. The van der Waals surface area contributed by atoms with E-state index in [-0.39, 0.29) is 12.6 Å². The first-order valence-corrected chi connectivity index (χ1v) is 15.3. The summed E-state index contributed by atoms with van der Waals surface area (Å²) in [7, 11) is 0. The molecule has 0 aliphatic carbocycles. The van der Waals surface area contributed by atoms with E-state index in [1.54, 1.807) is 10.8 Å². The third kappa shape index (κ3) is 6.74. The van der Waals surface area contributed by atoms with Crippen LogP contribution in [0.4, 0.5) is 0 Å². The van der Waals surface area contributed by atoms with E-state index in [2.05, 4.69) is 15.3 Å². The number of hydrogen-bond donors (Lipinski definition) is 0. The Labute approximate surface area is 267 Å². The van der Waals surface area contributed by atoms with Crippen LogP contribution in [0.25, 0.3) is 28.4 Å². The first kappa shape index (κ1) is 30.9. The normalized spacial score (nSPS) is 19.5. The number of thioether (sulfide) groups is 1. The van der Waals surface area contributed by atoms with Crippen molar-refractivity contribution in [1.29, 1.82) is 0 Å². The lowest BCUT2D eigenvalue weighted by molar-refractivity contribution is -0.239. The molecule has 1 aliphatic heterocycles. The zero-order valence-electron chi connectivity index (χ0n) is 25.0. The molecule has 0 radical (unpaired) electrons. The van der Waals surface area contributed by atoms with Crippen molar-refractivity contribution < 1.29 is 33.3 Å². The molecule has 3 aromatic heterocycles. The van der Waals surface area contributed by atoms with E-state index in [9.17, 15) is 14.4 Å². The summed E-state index contributed by atoms with van der Waals surface area (Å²) in [4.78, 5) is 50.5. The van der Waals surface area contributed by atoms with Crippen molar-refractivity contribution in [2.45, 2.75) is 56.1 Å². The minimum Gasteiger partial charge on any atom is -0.456 e.